The Hall–Kier alpha value is -0.450. The monoisotopic (exact) mass is 270 g/mol. The van der Waals surface area contributed by atoms with Crippen LogP contribution in [0, 0.1) is 17.8 Å². The normalized spacial score (nSPS) is 23.9. The van der Waals surface area contributed by atoms with Gasteiger partial charge >= 0.3 is 0 Å². The minimum Gasteiger partial charge on any atom is -0.390 e. The summed E-state index contributed by atoms with van der Waals surface area (Å²) in [5.41, 5.74) is 6.00. The maximum atomic E-state index is 10.9. The molecule has 0 heterocycles. The van der Waals surface area contributed by atoms with Crippen molar-refractivity contribution in [2.24, 2.45) is 23.5 Å². The van der Waals surface area contributed by atoms with Crippen LogP contribution in [-0.4, -0.2) is 34.7 Å². The highest BCUT2D eigenvalue weighted by Crippen LogP contribution is 2.28. The minimum atomic E-state index is -1.11. The van der Waals surface area contributed by atoms with Crippen LogP contribution in [-0.2, 0) is 4.79 Å². The van der Waals surface area contributed by atoms with Gasteiger partial charge in [-0.05, 0) is 18.3 Å². The summed E-state index contributed by atoms with van der Waals surface area (Å²) < 4.78 is 0. The second-order valence-corrected chi connectivity index (χ2v) is 6.27. The third kappa shape index (κ3) is 4.86. The molecule has 1 radical (unpaired) electrons. The Morgan fingerprint density at radius 1 is 1.16 bits per heavy atom. The molecule has 0 aliphatic heterocycles. The molecule has 4 unspecified atom stereocenters. The van der Waals surface area contributed by atoms with Gasteiger partial charge in [0, 0.05) is 6.04 Å². The Labute approximate surface area is 116 Å². The number of aliphatic hydroxyl groups is 2. The lowest BCUT2D eigenvalue weighted by Gasteiger charge is -2.31. The summed E-state index contributed by atoms with van der Waals surface area (Å²) in [6.07, 6.45) is 6.44. The van der Waals surface area contributed by atoms with Crippen molar-refractivity contribution in [2.45, 2.75) is 70.6 Å². The number of hydrogen-bond acceptors (Lipinski definition) is 4. The second kappa shape index (κ2) is 7.98. The van der Waals surface area contributed by atoms with E-state index in [1.807, 2.05) is 20.1 Å². The van der Waals surface area contributed by atoms with Gasteiger partial charge in [0.25, 0.3) is 0 Å². The number of nitrogens with two attached hydrogens (primary N) is 1. The molecule has 0 aromatic carbocycles. The van der Waals surface area contributed by atoms with Crippen LogP contribution in [0.15, 0.2) is 0 Å². The molecule has 1 rings (SSSR count). The highest BCUT2D eigenvalue weighted by Gasteiger charge is 2.33. The first kappa shape index (κ1) is 16.6. The van der Waals surface area contributed by atoms with Crippen molar-refractivity contribution >= 4 is 6.29 Å². The number of aliphatic hydroxyl groups excluding tert-OH is 2. The summed E-state index contributed by atoms with van der Waals surface area (Å²) in [5.74, 6) is -0.181. The Kier molecular flexibility index (Phi) is 6.97. The molecule has 1 aliphatic rings. The molecule has 0 aromatic heterocycles. The van der Waals surface area contributed by atoms with Crippen LogP contribution in [0.25, 0.3) is 0 Å². The Balaban J connectivity index is 2.49. The van der Waals surface area contributed by atoms with E-state index in [4.69, 9.17) is 5.73 Å². The third-order valence-corrected chi connectivity index (χ3v) is 4.34. The lowest BCUT2D eigenvalue weighted by molar-refractivity contribution is -0.0281. The fourth-order valence-electron chi connectivity index (χ4n) is 3.01. The topological polar surface area (TPSA) is 83.5 Å². The first-order chi connectivity index (χ1) is 8.97. The highest BCUT2D eigenvalue weighted by molar-refractivity contribution is 5.56. The lowest BCUT2D eigenvalue weighted by atomic mass is 9.81. The zero-order chi connectivity index (χ0) is 14.4. The van der Waals surface area contributed by atoms with Crippen molar-refractivity contribution < 1.29 is 15.0 Å². The molecule has 0 aromatic rings. The predicted molar refractivity (Wildman–Crippen MR) is 75.2 cm³/mol. The van der Waals surface area contributed by atoms with E-state index in [-0.39, 0.29) is 5.92 Å². The first-order valence-corrected chi connectivity index (χ1v) is 7.46. The molecular formula is C15H28NO3. The molecule has 4 N–H and O–H groups in total. The van der Waals surface area contributed by atoms with Gasteiger partial charge in [-0.25, -0.2) is 0 Å². The number of rotatable bonds is 7. The van der Waals surface area contributed by atoms with Gasteiger partial charge in [0.1, 0.15) is 0 Å². The maximum absolute atomic E-state index is 10.9. The van der Waals surface area contributed by atoms with E-state index in [1.54, 1.807) is 0 Å². The molecule has 1 fully saturated rings. The van der Waals surface area contributed by atoms with Crippen LogP contribution in [0.2, 0.25) is 0 Å². The Morgan fingerprint density at radius 2 is 1.74 bits per heavy atom. The Bertz CT molecular complexity index is 264. The summed E-state index contributed by atoms with van der Waals surface area (Å²) >= 11 is 0. The molecule has 4 atom stereocenters. The van der Waals surface area contributed by atoms with Gasteiger partial charge in [-0.3, -0.25) is 4.79 Å². The fourth-order valence-corrected chi connectivity index (χ4v) is 3.01. The Morgan fingerprint density at radius 3 is 2.21 bits per heavy atom. The third-order valence-electron chi connectivity index (χ3n) is 4.34. The van der Waals surface area contributed by atoms with Crippen LogP contribution in [0.4, 0.5) is 0 Å². The summed E-state index contributed by atoms with van der Waals surface area (Å²) in [4.78, 5) is 10.9. The van der Waals surface area contributed by atoms with Crippen LogP contribution < -0.4 is 5.73 Å². The fraction of sp³-hybridized carbons (Fsp3) is 0.933. The average molecular weight is 270 g/mol. The van der Waals surface area contributed by atoms with E-state index in [0.29, 0.717) is 5.92 Å². The summed E-state index contributed by atoms with van der Waals surface area (Å²) in [5, 5.41) is 20.2. The van der Waals surface area contributed by atoms with Crippen molar-refractivity contribution in [3.63, 3.8) is 0 Å². The smallest absolute Gasteiger partial charge is 0.204 e. The van der Waals surface area contributed by atoms with E-state index in [9.17, 15) is 15.0 Å². The minimum absolute atomic E-state index is 0.0518. The van der Waals surface area contributed by atoms with Crippen molar-refractivity contribution in [1.82, 2.24) is 0 Å². The van der Waals surface area contributed by atoms with Crippen LogP contribution in [0.5, 0.6) is 0 Å². The molecule has 4 nitrogen and oxygen atoms in total. The molecule has 1 aliphatic carbocycles. The molecule has 1 saturated carbocycles. The van der Waals surface area contributed by atoms with Gasteiger partial charge in [0.2, 0.25) is 6.29 Å². The van der Waals surface area contributed by atoms with Gasteiger partial charge in [0.05, 0.1) is 18.1 Å². The van der Waals surface area contributed by atoms with Gasteiger partial charge in [-0.2, -0.15) is 0 Å². The van der Waals surface area contributed by atoms with Gasteiger partial charge in [0.15, 0.2) is 0 Å². The van der Waals surface area contributed by atoms with Gasteiger partial charge in [-0.1, -0.05) is 46.0 Å². The van der Waals surface area contributed by atoms with Crippen LogP contribution >= 0.6 is 0 Å². The zero-order valence-corrected chi connectivity index (χ0v) is 12.1. The van der Waals surface area contributed by atoms with Crippen molar-refractivity contribution in [1.29, 1.82) is 0 Å². The van der Waals surface area contributed by atoms with E-state index in [1.165, 1.54) is 19.3 Å². The maximum Gasteiger partial charge on any atom is 0.204 e. The van der Waals surface area contributed by atoms with Gasteiger partial charge < -0.3 is 15.9 Å². The quantitative estimate of drug-likeness (QED) is 0.653. The molecule has 0 bridgehead atoms. The molecule has 0 saturated heterocycles. The molecular weight excluding hydrogens is 242 g/mol. The average Bonchev–Trinajstić information content (AvgIpc) is 2.39. The molecule has 111 valence electrons. The summed E-state index contributed by atoms with van der Waals surface area (Å²) in [6.45, 7) is 3.66. The van der Waals surface area contributed by atoms with Crippen molar-refractivity contribution in [3.8, 4) is 0 Å². The molecule has 0 amide bonds. The number of hydrogen-bond donors (Lipinski definition) is 3. The molecule has 0 spiro atoms. The van der Waals surface area contributed by atoms with E-state index in [2.05, 4.69) is 0 Å². The summed E-state index contributed by atoms with van der Waals surface area (Å²) in [7, 11) is 0. The second-order valence-electron chi connectivity index (χ2n) is 6.27. The molecule has 4 heteroatoms. The SMILES string of the molecule is CC(C)C([C]=O)C(O)C(O)C(N)CC1CCCCC1. The highest BCUT2D eigenvalue weighted by atomic mass is 16.3. The lowest BCUT2D eigenvalue weighted by Crippen LogP contribution is -2.48. The van der Waals surface area contributed by atoms with Crippen LogP contribution in [0.1, 0.15) is 52.4 Å². The van der Waals surface area contributed by atoms with Crippen LogP contribution in [0.3, 0.4) is 0 Å². The summed E-state index contributed by atoms with van der Waals surface area (Å²) in [6, 6.07) is -0.465. The van der Waals surface area contributed by atoms with Crippen molar-refractivity contribution in [2.75, 3.05) is 0 Å². The standard InChI is InChI=1S/C15H28NO3/c1-10(2)12(9-17)14(18)15(19)13(16)8-11-6-4-3-5-7-11/h10-15,18-19H,3-8,16H2,1-2H3. The molecule has 19 heavy (non-hydrogen) atoms. The largest absolute Gasteiger partial charge is 0.390 e. The zero-order valence-electron chi connectivity index (χ0n) is 12.1. The predicted octanol–water partition coefficient (Wildman–Crippen LogP) is 1.39. The van der Waals surface area contributed by atoms with Crippen molar-refractivity contribution in [3.05, 3.63) is 0 Å². The van der Waals surface area contributed by atoms with E-state index in [0.717, 1.165) is 19.3 Å². The first-order valence-electron chi connectivity index (χ1n) is 7.46. The van der Waals surface area contributed by atoms with E-state index >= 15 is 0 Å². The number of carbonyl (C=O) groups excluding carboxylic acids is 1. The van der Waals surface area contributed by atoms with E-state index < -0.39 is 24.2 Å². The van der Waals surface area contributed by atoms with Gasteiger partial charge in [-0.15, -0.1) is 0 Å².